The van der Waals surface area contributed by atoms with Gasteiger partial charge in [-0.15, -0.1) is 11.8 Å². The molecule has 0 aliphatic carbocycles. The van der Waals surface area contributed by atoms with Crippen molar-refractivity contribution in [3.05, 3.63) is 29.6 Å². The number of hydrogen-bond acceptors (Lipinski definition) is 4. The van der Waals surface area contributed by atoms with E-state index in [0.717, 1.165) is 11.8 Å². The van der Waals surface area contributed by atoms with Crippen LogP contribution in [0.3, 0.4) is 0 Å². The van der Waals surface area contributed by atoms with Crippen LogP contribution in [0.5, 0.6) is 0 Å². The summed E-state index contributed by atoms with van der Waals surface area (Å²) >= 11 is 1.15. The number of methoxy groups -OCH3 is 1. The molecule has 1 aromatic carbocycles. The normalized spacial score (nSPS) is 12.2. The van der Waals surface area contributed by atoms with E-state index in [-0.39, 0.29) is 17.3 Å². The molecule has 0 saturated heterocycles. The van der Waals surface area contributed by atoms with Crippen molar-refractivity contribution >= 4 is 17.7 Å². The first-order valence-electron chi connectivity index (χ1n) is 4.72. The molecule has 16 heavy (non-hydrogen) atoms. The van der Waals surface area contributed by atoms with Crippen LogP contribution in [0.25, 0.3) is 0 Å². The van der Waals surface area contributed by atoms with Crippen LogP contribution in [0.4, 0.5) is 4.39 Å². The predicted octanol–water partition coefficient (Wildman–Crippen LogP) is 2.14. The number of carbonyl (C=O) groups excluding carboxylic acids is 1. The summed E-state index contributed by atoms with van der Waals surface area (Å²) in [5.41, 5.74) is 0.219. The van der Waals surface area contributed by atoms with Gasteiger partial charge < -0.3 is 9.84 Å². The predicted molar refractivity (Wildman–Crippen MR) is 59.8 cm³/mol. The molecule has 0 spiro atoms. The molecule has 1 atom stereocenters. The first kappa shape index (κ1) is 13.0. The van der Waals surface area contributed by atoms with Crippen molar-refractivity contribution < 1.29 is 19.0 Å². The fraction of sp³-hybridized carbons (Fsp3) is 0.364. The van der Waals surface area contributed by atoms with E-state index in [1.807, 2.05) is 0 Å². The summed E-state index contributed by atoms with van der Waals surface area (Å²) in [7, 11) is 1.30. The summed E-state index contributed by atoms with van der Waals surface area (Å²) in [6.07, 6.45) is -0.902. The summed E-state index contributed by atoms with van der Waals surface area (Å²) in [6, 6.07) is 4.49. The summed E-state index contributed by atoms with van der Waals surface area (Å²) in [5, 5.41) is 9.44. The zero-order chi connectivity index (χ0) is 12.1. The number of hydrogen-bond donors (Lipinski definition) is 1. The van der Waals surface area contributed by atoms with Gasteiger partial charge in [-0.1, -0.05) is 6.07 Å². The summed E-state index contributed by atoms with van der Waals surface area (Å²) in [4.78, 5) is 11.5. The second-order valence-electron chi connectivity index (χ2n) is 3.19. The van der Waals surface area contributed by atoms with Gasteiger partial charge in [-0.3, -0.25) is 4.79 Å². The molecule has 1 N–H and O–H groups in total. The average Bonchev–Trinajstić information content (AvgIpc) is 2.25. The minimum absolute atomic E-state index is 0.0969. The molecule has 0 aliphatic heterocycles. The molecular weight excluding hydrogens is 231 g/mol. The Morgan fingerprint density at radius 3 is 2.88 bits per heavy atom. The molecule has 88 valence electrons. The van der Waals surface area contributed by atoms with Crippen LogP contribution in [-0.2, 0) is 9.53 Å². The molecule has 1 aromatic rings. The van der Waals surface area contributed by atoms with E-state index < -0.39 is 11.9 Å². The van der Waals surface area contributed by atoms with Crippen LogP contribution in [0.2, 0.25) is 0 Å². The molecule has 5 heteroatoms. The van der Waals surface area contributed by atoms with E-state index in [4.69, 9.17) is 0 Å². The van der Waals surface area contributed by atoms with Gasteiger partial charge in [0.1, 0.15) is 5.82 Å². The molecule has 0 radical (unpaired) electrons. The van der Waals surface area contributed by atoms with Gasteiger partial charge in [0.05, 0.1) is 19.0 Å². The lowest BCUT2D eigenvalue weighted by Crippen LogP contribution is -2.05. The maximum absolute atomic E-state index is 13.4. The van der Waals surface area contributed by atoms with Crippen molar-refractivity contribution in [3.63, 3.8) is 0 Å². The molecule has 0 aromatic heterocycles. The van der Waals surface area contributed by atoms with Gasteiger partial charge in [0, 0.05) is 10.5 Å². The summed E-state index contributed by atoms with van der Waals surface area (Å²) in [6.45, 7) is 1.49. The highest BCUT2D eigenvalue weighted by atomic mass is 32.2. The van der Waals surface area contributed by atoms with E-state index in [9.17, 15) is 14.3 Å². The van der Waals surface area contributed by atoms with Gasteiger partial charge in [0.2, 0.25) is 0 Å². The van der Waals surface area contributed by atoms with E-state index in [1.165, 1.54) is 20.1 Å². The molecule has 3 nitrogen and oxygen atoms in total. The molecule has 0 bridgehead atoms. The maximum atomic E-state index is 13.4. The molecule has 0 aliphatic rings. The van der Waals surface area contributed by atoms with Crippen molar-refractivity contribution in [1.29, 1.82) is 0 Å². The lowest BCUT2D eigenvalue weighted by atomic mass is 10.1. The highest BCUT2D eigenvalue weighted by molar-refractivity contribution is 8.00. The van der Waals surface area contributed by atoms with Crippen molar-refractivity contribution in [2.24, 2.45) is 0 Å². The Hall–Kier alpha value is -1.07. The van der Waals surface area contributed by atoms with Gasteiger partial charge in [-0.05, 0) is 19.1 Å². The Labute approximate surface area is 97.6 Å². The van der Waals surface area contributed by atoms with Gasteiger partial charge >= 0.3 is 5.97 Å². The molecule has 0 saturated carbocycles. The summed E-state index contributed by atoms with van der Waals surface area (Å²) < 4.78 is 17.9. The lowest BCUT2D eigenvalue weighted by Gasteiger charge is -2.11. The first-order chi connectivity index (χ1) is 7.56. The van der Waals surface area contributed by atoms with E-state index in [1.54, 1.807) is 12.1 Å². The SMILES string of the molecule is COC(=O)CSc1cccc(F)c1[C@H](C)O. The molecule has 0 heterocycles. The smallest absolute Gasteiger partial charge is 0.315 e. The number of carbonyl (C=O) groups is 1. The van der Waals surface area contributed by atoms with Crippen molar-refractivity contribution in [1.82, 2.24) is 0 Å². The van der Waals surface area contributed by atoms with Crippen molar-refractivity contribution in [2.75, 3.05) is 12.9 Å². The van der Waals surface area contributed by atoms with Crippen molar-refractivity contribution in [3.8, 4) is 0 Å². The number of thioether (sulfide) groups is 1. The Morgan fingerprint density at radius 1 is 1.62 bits per heavy atom. The van der Waals surface area contributed by atoms with E-state index in [0.29, 0.717) is 4.90 Å². The summed E-state index contributed by atoms with van der Waals surface area (Å²) in [5.74, 6) is -0.754. The quantitative estimate of drug-likeness (QED) is 0.651. The van der Waals surface area contributed by atoms with Gasteiger partial charge in [-0.25, -0.2) is 4.39 Å². The largest absolute Gasteiger partial charge is 0.468 e. The molecular formula is C11H13FO3S. The third-order valence-corrected chi connectivity index (χ3v) is 3.05. The van der Waals surface area contributed by atoms with Crippen LogP contribution in [-0.4, -0.2) is 23.9 Å². The standard InChI is InChI=1S/C11H13FO3S/c1-7(13)11-8(12)4-3-5-9(11)16-6-10(14)15-2/h3-5,7,13H,6H2,1-2H3/t7-/m0/s1. The molecule has 0 unspecified atom stereocenters. The topological polar surface area (TPSA) is 46.5 Å². The zero-order valence-electron chi connectivity index (χ0n) is 9.07. The second-order valence-corrected chi connectivity index (χ2v) is 4.21. The minimum atomic E-state index is -0.902. The van der Waals surface area contributed by atoms with Crippen LogP contribution >= 0.6 is 11.8 Å². The van der Waals surface area contributed by atoms with Gasteiger partial charge in [0.25, 0.3) is 0 Å². The minimum Gasteiger partial charge on any atom is -0.468 e. The van der Waals surface area contributed by atoms with E-state index in [2.05, 4.69) is 4.74 Å². The number of rotatable bonds is 4. The van der Waals surface area contributed by atoms with Crippen LogP contribution < -0.4 is 0 Å². The van der Waals surface area contributed by atoms with Crippen molar-refractivity contribution in [2.45, 2.75) is 17.9 Å². The molecule has 0 fully saturated rings. The lowest BCUT2D eigenvalue weighted by molar-refractivity contribution is -0.137. The number of halogens is 1. The Kier molecular flexibility index (Phi) is 4.76. The molecule has 1 rings (SSSR count). The third-order valence-electron chi connectivity index (χ3n) is 2.00. The first-order valence-corrected chi connectivity index (χ1v) is 5.71. The number of aliphatic hydroxyl groups is 1. The Bertz CT molecular complexity index is 379. The van der Waals surface area contributed by atoms with Crippen LogP contribution in [0, 0.1) is 5.82 Å². The second kappa shape index (κ2) is 5.86. The van der Waals surface area contributed by atoms with Gasteiger partial charge in [-0.2, -0.15) is 0 Å². The fourth-order valence-corrected chi connectivity index (χ4v) is 2.23. The Balaban J connectivity index is 2.87. The number of aliphatic hydroxyl groups excluding tert-OH is 1. The number of ether oxygens (including phenoxy) is 1. The fourth-order valence-electron chi connectivity index (χ4n) is 1.24. The van der Waals surface area contributed by atoms with Crippen LogP contribution in [0.1, 0.15) is 18.6 Å². The van der Waals surface area contributed by atoms with E-state index >= 15 is 0 Å². The van der Waals surface area contributed by atoms with Crippen LogP contribution in [0.15, 0.2) is 23.1 Å². The molecule has 0 amide bonds. The number of benzene rings is 1. The highest BCUT2D eigenvalue weighted by Gasteiger charge is 2.14. The zero-order valence-corrected chi connectivity index (χ0v) is 9.88. The highest BCUT2D eigenvalue weighted by Crippen LogP contribution is 2.29. The average molecular weight is 244 g/mol. The number of esters is 1. The third kappa shape index (κ3) is 3.21. The Morgan fingerprint density at radius 2 is 2.31 bits per heavy atom. The van der Waals surface area contributed by atoms with Gasteiger partial charge in [0.15, 0.2) is 0 Å². The monoisotopic (exact) mass is 244 g/mol. The maximum Gasteiger partial charge on any atom is 0.315 e.